The molecule has 0 unspecified atom stereocenters. The number of rotatable bonds is 4. The fraction of sp³-hybridized carbons (Fsp3) is 0.133. The molecule has 0 atom stereocenters. The molecule has 0 spiro atoms. The van der Waals surface area contributed by atoms with Crippen LogP contribution in [0.2, 0.25) is 10.0 Å². The van der Waals surface area contributed by atoms with Crippen LogP contribution >= 0.6 is 23.2 Å². The van der Waals surface area contributed by atoms with Gasteiger partial charge in [-0.05, 0) is 36.2 Å². The third-order valence-electron chi connectivity index (χ3n) is 3.11. The Labute approximate surface area is 127 Å². The van der Waals surface area contributed by atoms with Crippen molar-refractivity contribution in [1.82, 2.24) is 0 Å². The number of hydrogen-bond acceptors (Lipinski definition) is 2. The van der Waals surface area contributed by atoms with E-state index in [1.807, 2.05) is 0 Å². The number of halogens is 2. The van der Waals surface area contributed by atoms with E-state index in [4.69, 9.17) is 23.2 Å². The van der Waals surface area contributed by atoms with Crippen LogP contribution < -0.4 is 0 Å². The molecule has 0 saturated heterocycles. The van der Waals surface area contributed by atoms with E-state index in [1.54, 1.807) is 48.5 Å². The summed E-state index contributed by atoms with van der Waals surface area (Å²) >= 11 is 11.7. The summed E-state index contributed by atoms with van der Waals surface area (Å²) < 4.78 is 0. The smallest absolute Gasteiger partial charge is 0.0406 e. The Hall–Kier alpha value is -1.71. The minimum atomic E-state index is -0.417. The van der Waals surface area contributed by atoms with Gasteiger partial charge in [0.25, 0.3) is 0 Å². The lowest BCUT2D eigenvalue weighted by atomic mass is 9.86. The molecular weight excluding hydrogens is 297 g/mol. The Morgan fingerprint density at radius 3 is 1.60 bits per heavy atom. The highest BCUT2D eigenvalue weighted by Crippen LogP contribution is 2.34. The van der Waals surface area contributed by atoms with Crippen LogP contribution in [0.5, 0.6) is 0 Å². The summed E-state index contributed by atoms with van der Waals surface area (Å²) in [5.41, 5.74) is 1.65. The zero-order chi connectivity index (χ0) is 14.7. The SMILES string of the molecule is C[C-](C(c1ccc(Cl)cc1)c1ccc(Cl)cc1)[N+](=O)[O-]. The lowest BCUT2D eigenvalue weighted by Crippen LogP contribution is -2.17. The van der Waals surface area contributed by atoms with Crippen molar-refractivity contribution in [2.75, 3.05) is 0 Å². The number of nitrogens with zero attached hydrogens (tertiary/aromatic N) is 1. The van der Waals surface area contributed by atoms with Gasteiger partial charge in [0.2, 0.25) is 0 Å². The Kier molecular flexibility index (Phi) is 4.53. The van der Waals surface area contributed by atoms with E-state index in [0.29, 0.717) is 10.0 Å². The quantitative estimate of drug-likeness (QED) is 0.455. The fourth-order valence-corrected chi connectivity index (χ4v) is 2.34. The van der Waals surface area contributed by atoms with Gasteiger partial charge in [-0.2, -0.15) is 0 Å². The van der Waals surface area contributed by atoms with Gasteiger partial charge >= 0.3 is 0 Å². The van der Waals surface area contributed by atoms with E-state index in [1.165, 1.54) is 6.92 Å². The predicted octanol–water partition coefficient (Wildman–Crippen LogP) is 4.95. The van der Waals surface area contributed by atoms with Gasteiger partial charge in [0, 0.05) is 10.0 Å². The van der Waals surface area contributed by atoms with E-state index in [-0.39, 0.29) is 11.0 Å². The van der Waals surface area contributed by atoms with Crippen molar-refractivity contribution in [3.05, 3.63) is 85.9 Å². The fourth-order valence-electron chi connectivity index (χ4n) is 2.09. The average molecular weight is 309 g/mol. The summed E-state index contributed by atoms with van der Waals surface area (Å²) in [6.45, 7) is 1.52. The molecule has 0 aliphatic heterocycles. The molecular formula is C15H12Cl2NO2-. The van der Waals surface area contributed by atoms with E-state index in [2.05, 4.69) is 0 Å². The van der Waals surface area contributed by atoms with Crippen molar-refractivity contribution in [2.45, 2.75) is 12.8 Å². The molecule has 0 radical (unpaired) electrons. The van der Waals surface area contributed by atoms with E-state index in [9.17, 15) is 10.1 Å². The summed E-state index contributed by atoms with van der Waals surface area (Å²) in [7, 11) is 0. The first-order valence-corrected chi connectivity index (χ1v) is 6.73. The number of nitro groups is 1. The van der Waals surface area contributed by atoms with E-state index >= 15 is 0 Å². The molecule has 2 aromatic rings. The summed E-state index contributed by atoms with van der Waals surface area (Å²) in [5.74, 6) is -0.417. The van der Waals surface area contributed by atoms with Gasteiger partial charge in [0.15, 0.2) is 0 Å². The van der Waals surface area contributed by atoms with Crippen LogP contribution in [0.4, 0.5) is 0 Å². The normalized spacial score (nSPS) is 10.6. The van der Waals surface area contributed by atoms with Gasteiger partial charge < -0.3 is 0 Å². The van der Waals surface area contributed by atoms with Crippen molar-refractivity contribution in [3.8, 4) is 0 Å². The zero-order valence-corrected chi connectivity index (χ0v) is 12.2. The molecule has 5 heteroatoms. The van der Waals surface area contributed by atoms with Crippen LogP contribution in [0.1, 0.15) is 24.0 Å². The molecule has 0 saturated carbocycles. The molecule has 20 heavy (non-hydrogen) atoms. The van der Waals surface area contributed by atoms with Crippen molar-refractivity contribution >= 4 is 23.2 Å². The number of hydrogen-bond donors (Lipinski definition) is 0. The minimum absolute atomic E-state index is 0.162. The molecule has 2 rings (SSSR count). The highest BCUT2D eigenvalue weighted by molar-refractivity contribution is 6.30. The first kappa shape index (κ1) is 14.7. The van der Waals surface area contributed by atoms with Gasteiger partial charge in [0.05, 0.1) is 0 Å². The molecule has 0 heterocycles. The van der Waals surface area contributed by atoms with Crippen LogP contribution in [0.15, 0.2) is 48.5 Å². The topological polar surface area (TPSA) is 43.1 Å². The molecule has 0 aliphatic carbocycles. The molecule has 0 amide bonds. The Morgan fingerprint density at radius 1 is 0.950 bits per heavy atom. The second-order valence-electron chi connectivity index (χ2n) is 4.43. The molecule has 0 bridgehead atoms. The molecule has 0 aliphatic rings. The Morgan fingerprint density at radius 2 is 1.30 bits per heavy atom. The number of benzene rings is 2. The molecule has 104 valence electrons. The van der Waals surface area contributed by atoms with Crippen molar-refractivity contribution in [3.63, 3.8) is 0 Å². The van der Waals surface area contributed by atoms with Gasteiger partial charge in [-0.3, -0.25) is 10.1 Å². The summed E-state index contributed by atoms with van der Waals surface area (Å²) in [4.78, 5) is 10.8. The zero-order valence-electron chi connectivity index (χ0n) is 10.7. The maximum Gasteiger partial charge on any atom is 0.0406 e. The van der Waals surface area contributed by atoms with Gasteiger partial charge in [0.1, 0.15) is 0 Å². The Balaban J connectivity index is 2.46. The molecule has 0 aromatic heterocycles. The van der Waals surface area contributed by atoms with Crippen LogP contribution in [0, 0.1) is 16.2 Å². The average Bonchev–Trinajstić information content (AvgIpc) is 2.43. The lowest BCUT2D eigenvalue weighted by Gasteiger charge is -2.29. The van der Waals surface area contributed by atoms with E-state index < -0.39 is 5.92 Å². The van der Waals surface area contributed by atoms with Crippen LogP contribution in [-0.4, -0.2) is 4.92 Å². The van der Waals surface area contributed by atoms with Crippen LogP contribution in [0.25, 0.3) is 0 Å². The largest absolute Gasteiger partial charge is 0.295 e. The van der Waals surface area contributed by atoms with Gasteiger partial charge in [-0.15, -0.1) is 11.8 Å². The molecule has 0 fully saturated rings. The predicted molar refractivity (Wildman–Crippen MR) is 80.7 cm³/mol. The van der Waals surface area contributed by atoms with Gasteiger partial charge in [-0.25, -0.2) is 0 Å². The summed E-state index contributed by atoms with van der Waals surface area (Å²) in [5, 5.41) is 12.3. The summed E-state index contributed by atoms with van der Waals surface area (Å²) in [6.07, 6.45) is 0. The monoisotopic (exact) mass is 308 g/mol. The maximum absolute atomic E-state index is 11.1. The first-order valence-electron chi connectivity index (χ1n) is 5.98. The third kappa shape index (κ3) is 3.24. The Bertz CT molecular complexity index is 551. The van der Waals surface area contributed by atoms with Crippen LogP contribution in [-0.2, 0) is 0 Å². The maximum atomic E-state index is 11.1. The van der Waals surface area contributed by atoms with E-state index in [0.717, 1.165) is 11.1 Å². The standard InChI is InChI=1S/C15H12Cl2NO2/c1-10(18(19)20)15(11-2-6-13(16)7-3-11)12-4-8-14(17)9-5-12/h2-9,15H,1H3/q-1. The highest BCUT2D eigenvalue weighted by atomic mass is 35.5. The molecule has 3 nitrogen and oxygen atoms in total. The third-order valence-corrected chi connectivity index (χ3v) is 3.62. The molecule has 2 aromatic carbocycles. The first-order chi connectivity index (χ1) is 9.49. The van der Waals surface area contributed by atoms with Crippen molar-refractivity contribution < 1.29 is 4.92 Å². The minimum Gasteiger partial charge on any atom is -0.295 e. The highest BCUT2D eigenvalue weighted by Gasteiger charge is 2.18. The molecule has 0 N–H and O–H groups in total. The summed E-state index contributed by atoms with van der Waals surface area (Å²) in [6, 6.07) is 14.3. The lowest BCUT2D eigenvalue weighted by molar-refractivity contribution is -0.467. The second-order valence-corrected chi connectivity index (χ2v) is 5.31. The van der Waals surface area contributed by atoms with Gasteiger partial charge in [-0.1, -0.05) is 58.6 Å². The van der Waals surface area contributed by atoms with Crippen molar-refractivity contribution in [1.29, 1.82) is 0 Å². The second kappa shape index (κ2) is 6.16. The van der Waals surface area contributed by atoms with Crippen molar-refractivity contribution in [2.24, 2.45) is 0 Å². The van der Waals surface area contributed by atoms with Crippen LogP contribution in [0.3, 0.4) is 0 Å².